The van der Waals surface area contributed by atoms with Crippen molar-refractivity contribution in [3.8, 4) is 11.5 Å². The fourth-order valence-corrected chi connectivity index (χ4v) is 2.30. The van der Waals surface area contributed by atoms with Crippen LogP contribution in [0.25, 0.3) is 5.57 Å². The third kappa shape index (κ3) is 4.49. The highest BCUT2D eigenvalue weighted by Crippen LogP contribution is 2.32. The number of methoxy groups -OCH3 is 1. The summed E-state index contributed by atoms with van der Waals surface area (Å²) in [4.78, 5) is 10.7. The van der Waals surface area contributed by atoms with E-state index in [9.17, 15) is 4.79 Å². The molecular formula is C16H22N2O3. The van der Waals surface area contributed by atoms with Gasteiger partial charge in [-0.05, 0) is 42.7 Å². The number of hydrogen-bond acceptors (Lipinski definition) is 4. The molecule has 0 saturated carbocycles. The predicted molar refractivity (Wildman–Crippen MR) is 82.4 cm³/mol. The molecule has 3 N–H and O–H groups in total. The molecule has 21 heavy (non-hydrogen) atoms. The van der Waals surface area contributed by atoms with E-state index in [1.807, 2.05) is 18.2 Å². The first-order valence-electron chi connectivity index (χ1n) is 7.20. The normalized spacial score (nSPS) is 14.4. The molecule has 1 amide bonds. The van der Waals surface area contributed by atoms with E-state index in [2.05, 4.69) is 11.4 Å². The van der Waals surface area contributed by atoms with E-state index < -0.39 is 0 Å². The zero-order chi connectivity index (χ0) is 15.1. The predicted octanol–water partition coefficient (Wildman–Crippen LogP) is 1.72. The van der Waals surface area contributed by atoms with Gasteiger partial charge in [-0.1, -0.05) is 12.1 Å². The molecule has 0 aliphatic carbocycles. The Balaban J connectivity index is 2.02. The number of hydrogen-bond donors (Lipinski definition) is 2. The number of nitrogens with one attached hydrogen (secondary N) is 1. The second-order valence-electron chi connectivity index (χ2n) is 4.97. The molecule has 1 heterocycles. The van der Waals surface area contributed by atoms with Gasteiger partial charge in [0.05, 0.1) is 13.7 Å². The molecule has 5 heteroatoms. The van der Waals surface area contributed by atoms with Crippen LogP contribution in [0, 0.1) is 0 Å². The molecule has 0 saturated heterocycles. The quantitative estimate of drug-likeness (QED) is 0.750. The number of rotatable bonds is 7. The minimum absolute atomic E-state index is 0.307. The maximum absolute atomic E-state index is 10.7. The average Bonchev–Trinajstić information content (AvgIpc) is 2.52. The second-order valence-corrected chi connectivity index (χ2v) is 4.97. The van der Waals surface area contributed by atoms with Gasteiger partial charge >= 0.3 is 0 Å². The van der Waals surface area contributed by atoms with E-state index in [1.165, 1.54) is 5.57 Å². The van der Waals surface area contributed by atoms with Crippen molar-refractivity contribution < 1.29 is 14.3 Å². The Morgan fingerprint density at radius 2 is 2.24 bits per heavy atom. The van der Waals surface area contributed by atoms with Crippen LogP contribution in [-0.4, -0.2) is 32.7 Å². The Bertz CT molecular complexity index is 526. The molecule has 1 aromatic carbocycles. The average molecular weight is 290 g/mol. The molecule has 1 aliphatic heterocycles. The summed E-state index contributed by atoms with van der Waals surface area (Å²) in [5.74, 6) is 1.10. The Hall–Kier alpha value is -2.01. The zero-order valence-corrected chi connectivity index (χ0v) is 12.4. The lowest BCUT2D eigenvalue weighted by molar-refractivity contribution is -0.118. The van der Waals surface area contributed by atoms with Crippen LogP contribution in [0.5, 0.6) is 11.5 Å². The van der Waals surface area contributed by atoms with E-state index >= 15 is 0 Å². The highest BCUT2D eigenvalue weighted by Gasteiger charge is 2.10. The van der Waals surface area contributed by atoms with E-state index in [-0.39, 0.29) is 5.91 Å². The largest absolute Gasteiger partial charge is 0.493 e. The standard InChI is InChI=1S/C16H22N2O3/c1-20-15-11-13(12-6-8-18-9-7-12)4-5-14(15)21-10-2-3-16(17)19/h4-6,11,18H,2-3,7-10H2,1H3,(H2,17,19). The van der Waals surface area contributed by atoms with Crippen LogP contribution in [-0.2, 0) is 4.79 Å². The highest BCUT2D eigenvalue weighted by atomic mass is 16.5. The fraction of sp³-hybridized carbons (Fsp3) is 0.438. The molecule has 0 spiro atoms. The van der Waals surface area contributed by atoms with Gasteiger partial charge < -0.3 is 20.5 Å². The van der Waals surface area contributed by atoms with Crippen molar-refractivity contribution in [1.82, 2.24) is 5.32 Å². The Morgan fingerprint density at radius 3 is 2.90 bits per heavy atom. The fourth-order valence-electron chi connectivity index (χ4n) is 2.30. The molecule has 0 atom stereocenters. The SMILES string of the molecule is COc1cc(C2=CCNCC2)ccc1OCCCC(N)=O. The van der Waals surface area contributed by atoms with Gasteiger partial charge in [-0.25, -0.2) is 0 Å². The molecule has 2 rings (SSSR count). The lowest BCUT2D eigenvalue weighted by Gasteiger charge is -2.16. The molecule has 0 bridgehead atoms. The molecule has 1 aliphatic rings. The highest BCUT2D eigenvalue weighted by molar-refractivity contribution is 5.73. The second kappa shape index (κ2) is 7.69. The molecule has 1 aromatic rings. The minimum atomic E-state index is -0.307. The first kappa shape index (κ1) is 15.4. The Labute approximate surface area is 125 Å². The van der Waals surface area contributed by atoms with E-state index in [0.717, 1.165) is 25.1 Å². The zero-order valence-electron chi connectivity index (χ0n) is 12.4. The third-order valence-electron chi connectivity index (χ3n) is 3.42. The summed E-state index contributed by atoms with van der Waals surface area (Å²) in [6.07, 6.45) is 4.16. The topological polar surface area (TPSA) is 73.6 Å². The molecule has 0 unspecified atom stereocenters. The van der Waals surface area contributed by atoms with Crippen LogP contribution < -0.4 is 20.5 Å². The van der Waals surface area contributed by atoms with E-state index in [4.69, 9.17) is 15.2 Å². The number of carbonyl (C=O) groups excluding carboxylic acids is 1. The van der Waals surface area contributed by atoms with Crippen molar-refractivity contribution in [1.29, 1.82) is 0 Å². The number of primary amides is 1. The van der Waals surface area contributed by atoms with Crippen LogP contribution in [0.4, 0.5) is 0 Å². The lowest BCUT2D eigenvalue weighted by Crippen LogP contribution is -2.20. The van der Waals surface area contributed by atoms with Gasteiger partial charge in [-0.2, -0.15) is 0 Å². The van der Waals surface area contributed by atoms with Gasteiger partial charge in [0, 0.05) is 13.0 Å². The van der Waals surface area contributed by atoms with Gasteiger partial charge in [0.1, 0.15) is 0 Å². The van der Waals surface area contributed by atoms with Crippen LogP contribution in [0.3, 0.4) is 0 Å². The summed E-state index contributed by atoms with van der Waals surface area (Å²) in [7, 11) is 1.63. The Kier molecular flexibility index (Phi) is 5.63. The first-order chi connectivity index (χ1) is 10.2. The number of amides is 1. The summed E-state index contributed by atoms with van der Waals surface area (Å²) in [6, 6.07) is 5.96. The summed E-state index contributed by atoms with van der Waals surface area (Å²) in [6.45, 7) is 2.35. The van der Waals surface area contributed by atoms with E-state index in [0.29, 0.717) is 30.9 Å². The first-order valence-corrected chi connectivity index (χ1v) is 7.20. The molecule has 114 valence electrons. The molecule has 0 aromatic heterocycles. The van der Waals surface area contributed by atoms with Crippen LogP contribution >= 0.6 is 0 Å². The molecule has 5 nitrogen and oxygen atoms in total. The minimum Gasteiger partial charge on any atom is -0.493 e. The summed E-state index contributed by atoms with van der Waals surface area (Å²) >= 11 is 0. The maximum atomic E-state index is 10.7. The van der Waals surface area contributed by atoms with Gasteiger partial charge in [-0.15, -0.1) is 0 Å². The Morgan fingerprint density at radius 1 is 1.38 bits per heavy atom. The smallest absolute Gasteiger partial charge is 0.217 e. The van der Waals surface area contributed by atoms with Gasteiger partial charge in [-0.3, -0.25) is 4.79 Å². The van der Waals surface area contributed by atoms with Crippen molar-refractivity contribution in [3.05, 3.63) is 29.8 Å². The number of benzene rings is 1. The van der Waals surface area contributed by atoms with Crippen LogP contribution in [0.1, 0.15) is 24.8 Å². The van der Waals surface area contributed by atoms with E-state index in [1.54, 1.807) is 7.11 Å². The molecule has 0 fully saturated rings. The molecular weight excluding hydrogens is 268 g/mol. The van der Waals surface area contributed by atoms with Crippen molar-refractivity contribution in [2.24, 2.45) is 5.73 Å². The maximum Gasteiger partial charge on any atom is 0.217 e. The van der Waals surface area contributed by atoms with Gasteiger partial charge in [0.15, 0.2) is 11.5 Å². The van der Waals surface area contributed by atoms with Gasteiger partial charge in [0.2, 0.25) is 5.91 Å². The monoisotopic (exact) mass is 290 g/mol. The number of nitrogens with two attached hydrogens (primary N) is 1. The summed E-state index contributed by atoms with van der Waals surface area (Å²) in [5.41, 5.74) is 7.59. The van der Waals surface area contributed by atoms with Crippen LogP contribution in [0.15, 0.2) is 24.3 Å². The van der Waals surface area contributed by atoms with Crippen molar-refractivity contribution >= 4 is 11.5 Å². The molecule has 0 radical (unpaired) electrons. The van der Waals surface area contributed by atoms with Crippen molar-refractivity contribution in [2.75, 3.05) is 26.8 Å². The van der Waals surface area contributed by atoms with Crippen molar-refractivity contribution in [3.63, 3.8) is 0 Å². The number of ether oxygens (including phenoxy) is 2. The number of carbonyl (C=O) groups is 1. The lowest BCUT2D eigenvalue weighted by atomic mass is 10.00. The summed E-state index contributed by atoms with van der Waals surface area (Å²) in [5, 5.41) is 3.30. The summed E-state index contributed by atoms with van der Waals surface area (Å²) < 4.78 is 11.1. The van der Waals surface area contributed by atoms with Crippen molar-refractivity contribution in [2.45, 2.75) is 19.3 Å². The van der Waals surface area contributed by atoms with Gasteiger partial charge in [0.25, 0.3) is 0 Å². The third-order valence-corrected chi connectivity index (χ3v) is 3.42. The van der Waals surface area contributed by atoms with Crippen LogP contribution in [0.2, 0.25) is 0 Å².